The molecule has 0 aliphatic rings. The predicted molar refractivity (Wildman–Crippen MR) is 72.9 cm³/mol. The van der Waals surface area contributed by atoms with Crippen LogP contribution in [0, 0.1) is 0 Å². The Hall–Kier alpha value is -1.37. The lowest BCUT2D eigenvalue weighted by Gasteiger charge is -2.17. The third kappa shape index (κ3) is 2.90. The van der Waals surface area contributed by atoms with E-state index in [0.717, 1.165) is 15.9 Å². The molecule has 2 aromatic rings. The Bertz CT molecular complexity index is 481. The van der Waals surface area contributed by atoms with Gasteiger partial charge in [0.25, 0.3) is 0 Å². The van der Waals surface area contributed by atoms with Crippen LogP contribution in [0.5, 0.6) is 5.75 Å². The molecule has 1 heterocycles. The van der Waals surface area contributed by atoms with Crippen LogP contribution in [-0.2, 0) is 7.05 Å². The second-order valence-electron chi connectivity index (χ2n) is 3.84. The van der Waals surface area contributed by atoms with Gasteiger partial charge in [-0.25, -0.2) is 5.43 Å². The molecule has 1 unspecified atom stereocenters. The molecule has 3 N–H and O–H groups in total. The van der Waals surface area contributed by atoms with Crippen molar-refractivity contribution in [2.75, 3.05) is 6.61 Å². The van der Waals surface area contributed by atoms with Gasteiger partial charge in [-0.05, 0) is 28.1 Å². The van der Waals surface area contributed by atoms with Crippen molar-refractivity contribution in [3.8, 4) is 5.75 Å². The Morgan fingerprint density at radius 3 is 2.72 bits per heavy atom. The first-order valence-electron chi connectivity index (χ1n) is 5.53. The number of nitrogens with one attached hydrogen (secondary N) is 1. The predicted octanol–water partition coefficient (Wildman–Crippen LogP) is 1.77. The number of halogens is 1. The van der Waals surface area contributed by atoms with Crippen molar-refractivity contribution >= 4 is 15.9 Å². The molecular formula is C12H15BrN4O. The number of rotatable bonds is 5. The van der Waals surface area contributed by atoms with Gasteiger partial charge in [-0.2, -0.15) is 5.10 Å². The number of hydrogen-bond donors (Lipinski definition) is 2. The van der Waals surface area contributed by atoms with Crippen LogP contribution in [0.3, 0.4) is 0 Å². The number of hydrogen-bond acceptors (Lipinski definition) is 4. The van der Waals surface area contributed by atoms with E-state index >= 15 is 0 Å². The molecule has 18 heavy (non-hydrogen) atoms. The molecule has 0 fully saturated rings. The molecule has 5 nitrogen and oxygen atoms in total. The zero-order valence-corrected chi connectivity index (χ0v) is 11.6. The maximum Gasteiger partial charge on any atom is 0.119 e. The summed E-state index contributed by atoms with van der Waals surface area (Å²) in [6, 6.07) is 9.49. The maximum atomic E-state index is 5.69. The zero-order chi connectivity index (χ0) is 13.0. The summed E-state index contributed by atoms with van der Waals surface area (Å²) in [5, 5.41) is 4.16. The summed E-state index contributed by atoms with van der Waals surface area (Å²) in [5.41, 5.74) is 3.69. The largest absolute Gasteiger partial charge is 0.491 e. The van der Waals surface area contributed by atoms with Gasteiger partial charge in [-0.3, -0.25) is 10.5 Å². The number of aryl methyl sites for hydroxylation is 1. The summed E-state index contributed by atoms with van der Waals surface area (Å²) in [6.45, 7) is 0.429. The number of para-hydroxylation sites is 1. The van der Waals surface area contributed by atoms with Crippen LogP contribution in [0.4, 0.5) is 0 Å². The van der Waals surface area contributed by atoms with Gasteiger partial charge in [-0.15, -0.1) is 0 Å². The van der Waals surface area contributed by atoms with E-state index in [1.54, 1.807) is 10.9 Å². The smallest absolute Gasteiger partial charge is 0.119 e. The van der Waals surface area contributed by atoms with E-state index in [-0.39, 0.29) is 6.04 Å². The molecule has 0 amide bonds. The topological polar surface area (TPSA) is 65.1 Å². The summed E-state index contributed by atoms with van der Waals surface area (Å²) in [4.78, 5) is 0. The van der Waals surface area contributed by atoms with Crippen molar-refractivity contribution < 1.29 is 4.74 Å². The Kier molecular flexibility index (Phi) is 4.35. The van der Waals surface area contributed by atoms with Gasteiger partial charge in [0.15, 0.2) is 0 Å². The number of nitrogens with zero attached hydrogens (tertiary/aromatic N) is 2. The van der Waals surface area contributed by atoms with Crippen molar-refractivity contribution in [3.05, 3.63) is 46.7 Å². The lowest BCUT2D eigenvalue weighted by Crippen LogP contribution is -2.34. The fraction of sp³-hybridized carbons (Fsp3) is 0.250. The first kappa shape index (κ1) is 13.1. The molecule has 1 aromatic carbocycles. The van der Waals surface area contributed by atoms with Crippen LogP contribution in [-0.4, -0.2) is 16.4 Å². The van der Waals surface area contributed by atoms with Gasteiger partial charge >= 0.3 is 0 Å². The van der Waals surface area contributed by atoms with Crippen molar-refractivity contribution in [3.63, 3.8) is 0 Å². The summed E-state index contributed by atoms with van der Waals surface area (Å²) < 4.78 is 8.36. The van der Waals surface area contributed by atoms with Crippen LogP contribution >= 0.6 is 15.9 Å². The molecular weight excluding hydrogens is 296 g/mol. The summed E-state index contributed by atoms with van der Waals surface area (Å²) in [6.07, 6.45) is 1.74. The highest BCUT2D eigenvalue weighted by Gasteiger charge is 2.18. The monoisotopic (exact) mass is 310 g/mol. The average Bonchev–Trinajstić information content (AvgIpc) is 2.73. The number of ether oxygens (including phenoxy) is 1. The van der Waals surface area contributed by atoms with Crippen molar-refractivity contribution in [2.24, 2.45) is 12.9 Å². The lowest BCUT2D eigenvalue weighted by molar-refractivity contribution is 0.261. The highest BCUT2D eigenvalue weighted by Crippen LogP contribution is 2.23. The van der Waals surface area contributed by atoms with Gasteiger partial charge in [-0.1, -0.05) is 18.2 Å². The number of benzene rings is 1. The Morgan fingerprint density at radius 2 is 2.17 bits per heavy atom. The SMILES string of the molecule is Cn1ncc(Br)c1C(COc1ccccc1)NN. The van der Waals surface area contributed by atoms with E-state index in [2.05, 4.69) is 26.5 Å². The molecule has 0 saturated carbocycles. The fourth-order valence-electron chi connectivity index (χ4n) is 1.71. The van der Waals surface area contributed by atoms with Gasteiger partial charge in [0.1, 0.15) is 12.4 Å². The lowest BCUT2D eigenvalue weighted by atomic mass is 10.2. The molecule has 1 aromatic heterocycles. The van der Waals surface area contributed by atoms with Crippen LogP contribution in [0.2, 0.25) is 0 Å². The standard InChI is InChI=1S/C12H15BrN4O/c1-17-12(10(13)7-15-17)11(16-14)8-18-9-5-3-2-4-6-9/h2-7,11,16H,8,14H2,1H3. The normalized spacial score (nSPS) is 12.4. The maximum absolute atomic E-state index is 5.69. The molecule has 0 bridgehead atoms. The highest BCUT2D eigenvalue weighted by molar-refractivity contribution is 9.10. The Labute approximate surface area is 114 Å². The average molecular weight is 311 g/mol. The summed E-state index contributed by atoms with van der Waals surface area (Å²) in [7, 11) is 1.87. The minimum Gasteiger partial charge on any atom is -0.491 e. The third-order valence-electron chi connectivity index (χ3n) is 2.63. The summed E-state index contributed by atoms with van der Waals surface area (Å²) in [5.74, 6) is 6.39. The number of hydrazine groups is 1. The Morgan fingerprint density at radius 1 is 1.44 bits per heavy atom. The summed E-state index contributed by atoms with van der Waals surface area (Å²) >= 11 is 3.45. The van der Waals surface area contributed by atoms with Gasteiger partial charge in [0.2, 0.25) is 0 Å². The second-order valence-corrected chi connectivity index (χ2v) is 4.70. The van der Waals surface area contributed by atoms with Gasteiger partial charge in [0.05, 0.1) is 22.4 Å². The first-order chi connectivity index (χ1) is 8.72. The van der Waals surface area contributed by atoms with Gasteiger partial charge in [0, 0.05) is 7.05 Å². The fourth-order valence-corrected chi connectivity index (χ4v) is 2.34. The van der Waals surface area contributed by atoms with Crippen LogP contribution < -0.4 is 16.0 Å². The van der Waals surface area contributed by atoms with Crippen LogP contribution in [0.25, 0.3) is 0 Å². The van der Waals surface area contributed by atoms with E-state index in [9.17, 15) is 0 Å². The molecule has 1 atom stereocenters. The van der Waals surface area contributed by atoms with Crippen LogP contribution in [0.1, 0.15) is 11.7 Å². The van der Waals surface area contributed by atoms with E-state index < -0.39 is 0 Å². The third-order valence-corrected chi connectivity index (χ3v) is 3.24. The molecule has 0 spiro atoms. The van der Waals surface area contributed by atoms with Crippen LogP contribution in [0.15, 0.2) is 41.0 Å². The molecule has 0 aliphatic heterocycles. The Balaban J connectivity index is 2.07. The van der Waals surface area contributed by atoms with E-state index in [0.29, 0.717) is 6.61 Å². The number of nitrogens with two attached hydrogens (primary N) is 1. The number of aromatic nitrogens is 2. The second kappa shape index (κ2) is 5.99. The van der Waals surface area contributed by atoms with Crippen molar-refractivity contribution in [1.29, 1.82) is 0 Å². The first-order valence-corrected chi connectivity index (χ1v) is 6.33. The molecule has 6 heteroatoms. The molecule has 0 aliphatic carbocycles. The minimum atomic E-state index is -0.132. The van der Waals surface area contributed by atoms with Crippen molar-refractivity contribution in [2.45, 2.75) is 6.04 Å². The van der Waals surface area contributed by atoms with E-state index in [1.165, 1.54) is 0 Å². The van der Waals surface area contributed by atoms with E-state index in [1.807, 2.05) is 37.4 Å². The molecule has 0 radical (unpaired) electrons. The quantitative estimate of drug-likeness (QED) is 0.652. The highest BCUT2D eigenvalue weighted by atomic mass is 79.9. The van der Waals surface area contributed by atoms with Crippen molar-refractivity contribution in [1.82, 2.24) is 15.2 Å². The van der Waals surface area contributed by atoms with Gasteiger partial charge < -0.3 is 4.74 Å². The molecule has 96 valence electrons. The molecule has 0 saturated heterocycles. The molecule has 2 rings (SSSR count). The van der Waals surface area contributed by atoms with E-state index in [4.69, 9.17) is 10.6 Å². The zero-order valence-electron chi connectivity index (χ0n) is 10.0. The minimum absolute atomic E-state index is 0.132.